The minimum Gasteiger partial charge on any atom is -0.395 e. The van der Waals surface area contributed by atoms with Crippen molar-refractivity contribution in [2.24, 2.45) is 5.41 Å². The topological polar surface area (TPSA) is 35.5 Å². The van der Waals surface area contributed by atoms with Gasteiger partial charge in [-0.25, -0.2) is 8.78 Å². The summed E-state index contributed by atoms with van der Waals surface area (Å²) < 4.78 is 25.2. The van der Waals surface area contributed by atoms with Gasteiger partial charge in [-0.1, -0.05) is 26.7 Å². The summed E-state index contributed by atoms with van der Waals surface area (Å²) >= 11 is 0. The van der Waals surface area contributed by atoms with Gasteiger partial charge in [0.2, 0.25) is 0 Å². The fraction of sp³-hybridized carbons (Fsp3) is 1.00. The van der Waals surface area contributed by atoms with E-state index in [2.05, 4.69) is 19.2 Å². The molecule has 5 heteroatoms. The number of rotatable bonds is 9. The first-order valence-electron chi connectivity index (χ1n) is 7.32. The Balaban J connectivity index is 2.58. The van der Waals surface area contributed by atoms with Gasteiger partial charge in [0, 0.05) is 25.7 Å². The molecule has 114 valence electrons. The van der Waals surface area contributed by atoms with Gasteiger partial charge in [-0.2, -0.15) is 0 Å². The normalized spacial score (nSPS) is 18.9. The molecule has 0 aromatic heterocycles. The van der Waals surface area contributed by atoms with E-state index >= 15 is 0 Å². The number of hydrogen-bond acceptors (Lipinski definition) is 3. The van der Waals surface area contributed by atoms with Crippen LogP contribution in [0.4, 0.5) is 8.78 Å². The molecule has 0 aliphatic heterocycles. The zero-order valence-corrected chi connectivity index (χ0v) is 12.2. The minimum atomic E-state index is -2.33. The van der Waals surface area contributed by atoms with Crippen LogP contribution in [0, 0.1) is 5.41 Å². The molecule has 0 saturated heterocycles. The standard InChI is InChI=1S/C14H28F2N2O/c1-12(2)17-10-14(5-3-4-6-14)11-18(7-8-19)9-13(15)16/h12-13,17,19H,3-11H2,1-2H3. The Bertz CT molecular complexity index is 244. The second-order valence-electron chi connectivity index (χ2n) is 6.09. The fourth-order valence-corrected chi connectivity index (χ4v) is 2.98. The second kappa shape index (κ2) is 8.12. The molecule has 0 spiro atoms. The van der Waals surface area contributed by atoms with Crippen LogP contribution in [-0.4, -0.2) is 55.3 Å². The van der Waals surface area contributed by atoms with E-state index in [0.717, 1.165) is 19.4 Å². The molecule has 0 heterocycles. The van der Waals surface area contributed by atoms with Crippen molar-refractivity contribution in [1.82, 2.24) is 10.2 Å². The van der Waals surface area contributed by atoms with E-state index in [4.69, 9.17) is 5.11 Å². The van der Waals surface area contributed by atoms with Crippen LogP contribution in [0.1, 0.15) is 39.5 Å². The number of halogens is 2. The lowest BCUT2D eigenvalue weighted by molar-refractivity contribution is 0.0508. The lowest BCUT2D eigenvalue weighted by Gasteiger charge is -2.36. The number of aliphatic hydroxyl groups is 1. The Morgan fingerprint density at radius 1 is 1.26 bits per heavy atom. The van der Waals surface area contributed by atoms with Crippen LogP contribution in [0.3, 0.4) is 0 Å². The highest BCUT2D eigenvalue weighted by Crippen LogP contribution is 2.38. The summed E-state index contributed by atoms with van der Waals surface area (Å²) in [5, 5.41) is 12.5. The Morgan fingerprint density at radius 2 is 1.89 bits per heavy atom. The van der Waals surface area contributed by atoms with Crippen LogP contribution in [0.5, 0.6) is 0 Å². The van der Waals surface area contributed by atoms with Crippen LogP contribution in [0.2, 0.25) is 0 Å². The van der Waals surface area contributed by atoms with Crippen molar-refractivity contribution >= 4 is 0 Å². The molecule has 0 atom stereocenters. The monoisotopic (exact) mass is 278 g/mol. The number of nitrogens with one attached hydrogen (secondary N) is 1. The molecule has 1 saturated carbocycles. The third kappa shape index (κ3) is 6.15. The number of nitrogens with zero attached hydrogens (tertiary/aromatic N) is 1. The number of aliphatic hydroxyl groups excluding tert-OH is 1. The number of alkyl halides is 2. The van der Waals surface area contributed by atoms with E-state index in [0.29, 0.717) is 19.1 Å². The van der Waals surface area contributed by atoms with Gasteiger partial charge in [0.05, 0.1) is 13.2 Å². The molecule has 0 amide bonds. The first-order chi connectivity index (χ1) is 8.97. The number of hydrogen-bond donors (Lipinski definition) is 2. The van der Waals surface area contributed by atoms with Gasteiger partial charge in [0.15, 0.2) is 0 Å². The van der Waals surface area contributed by atoms with Crippen LogP contribution in [0.25, 0.3) is 0 Å². The smallest absolute Gasteiger partial charge is 0.251 e. The van der Waals surface area contributed by atoms with Gasteiger partial charge in [0.1, 0.15) is 0 Å². The van der Waals surface area contributed by atoms with Crippen LogP contribution >= 0.6 is 0 Å². The predicted molar refractivity (Wildman–Crippen MR) is 73.6 cm³/mol. The van der Waals surface area contributed by atoms with Gasteiger partial charge in [0.25, 0.3) is 6.43 Å². The summed E-state index contributed by atoms with van der Waals surface area (Å²) in [4.78, 5) is 1.72. The van der Waals surface area contributed by atoms with Crippen molar-refractivity contribution < 1.29 is 13.9 Å². The van der Waals surface area contributed by atoms with Crippen LogP contribution < -0.4 is 5.32 Å². The van der Waals surface area contributed by atoms with Gasteiger partial charge >= 0.3 is 0 Å². The molecule has 0 bridgehead atoms. The molecule has 3 nitrogen and oxygen atoms in total. The molecule has 0 aromatic carbocycles. The van der Waals surface area contributed by atoms with Crippen molar-refractivity contribution in [3.8, 4) is 0 Å². The Labute approximate surface area is 115 Å². The highest BCUT2D eigenvalue weighted by Gasteiger charge is 2.35. The fourth-order valence-electron chi connectivity index (χ4n) is 2.98. The van der Waals surface area contributed by atoms with E-state index in [9.17, 15) is 8.78 Å². The van der Waals surface area contributed by atoms with E-state index in [1.807, 2.05) is 0 Å². The molecule has 0 radical (unpaired) electrons. The predicted octanol–water partition coefficient (Wildman–Crippen LogP) is 2.10. The van der Waals surface area contributed by atoms with Crippen molar-refractivity contribution in [1.29, 1.82) is 0 Å². The summed E-state index contributed by atoms with van der Waals surface area (Å²) in [5.74, 6) is 0. The molecule has 19 heavy (non-hydrogen) atoms. The Hall–Kier alpha value is -0.260. The third-order valence-electron chi connectivity index (χ3n) is 3.92. The summed E-state index contributed by atoms with van der Waals surface area (Å²) in [6.07, 6.45) is 2.22. The lowest BCUT2D eigenvalue weighted by Crippen LogP contribution is -2.46. The molecule has 1 aliphatic carbocycles. The van der Waals surface area contributed by atoms with Crippen molar-refractivity contribution in [3.63, 3.8) is 0 Å². The van der Waals surface area contributed by atoms with Crippen molar-refractivity contribution in [3.05, 3.63) is 0 Å². The first-order valence-corrected chi connectivity index (χ1v) is 7.32. The van der Waals surface area contributed by atoms with Crippen LogP contribution in [-0.2, 0) is 0 Å². The average Bonchev–Trinajstić information content (AvgIpc) is 2.75. The zero-order chi connectivity index (χ0) is 14.3. The van der Waals surface area contributed by atoms with Gasteiger partial charge in [-0.05, 0) is 18.3 Å². The molecule has 0 unspecified atom stereocenters. The van der Waals surface area contributed by atoms with E-state index in [1.165, 1.54) is 12.8 Å². The van der Waals surface area contributed by atoms with E-state index in [-0.39, 0.29) is 18.6 Å². The summed E-state index contributed by atoms with van der Waals surface area (Å²) in [7, 11) is 0. The summed E-state index contributed by atoms with van der Waals surface area (Å²) in [5.41, 5.74) is 0.105. The van der Waals surface area contributed by atoms with Gasteiger partial charge in [-0.3, -0.25) is 4.90 Å². The third-order valence-corrected chi connectivity index (χ3v) is 3.92. The van der Waals surface area contributed by atoms with Crippen molar-refractivity contribution in [2.45, 2.75) is 52.0 Å². The van der Waals surface area contributed by atoms with Crippen LogP contribution in [0.15, 0.2) is 0 Å². The molecule has 1 rings (SSSR count). The summed E-state index contributed by atoms with van der Waals surface area (Å²) in [6.45, 7) is 5.81. The maximum atomic E-state index is 12.6. The second-order valence-corrected chi connectivity index (χ2v) is 6.09. The molecule has 1 fully saturated rings. The lowest BCUT2D eigenvalue weighted by atomic mass is 9.85. The summed E-state index contributed by atoms with van der Waals surface area (Å²) in [6, 6.07) is 0.416. The molecule has 0 aromatic rings. The quantitative estimate of drug-likeness (QED) is 0.678. The van der Waals surface area contributed by atoms with Gasteiger partial charge < -0.3 is 10.4 Å². The Kier molecular flexibility index (Phi) is 7.18. The largest absolute Gasteiger partial charge is 0.395 e. The van der Waals surface area contributed by atoms with Gasteiger partial charge in [-0.15, -0.1) is 0 Å². The highest BCUT2D eigenvalue weighted by molar-refractivity contribution is 4.90. The Morgan fingerprint density at radius 3 is 2.37 bits per heavy atom. The molecule has 1 aliphatic rings. The SMILES string of the molecule is CC(C)NCC1(CN(CCO)CC(F)F)CCCC1. The zero-order valence-electron chi connectivity index (χ0n) is 12.2. The first kappa shape index (κ1) is 16.8. The highest BCUT2D eigenvalue weighted by atomic mass is 19.3. The average molecular weight is 278 g/mol. The van der Waals surface area contributed by atoms with E-state index in [1.54, 1.807) is 4.90 Å². The molecular weight excluding hydrogens is 250 g/mol. The maximum absolute atomic E-state index is 12.6. The van der Waals surface area contributed by atoms with Crippen molar-refractivity contribution in [2.75, 3.05) is 32.8 Å². The minimum absolute atomic E-state index is 0.0551. The molecular formula is C14H28F2N2O. The van der Waals surface area contributed by atoms with E-state index < -0.39 is 6.43 Å². The molecule has 2 N–H and O–H groups in total. The maximum Gasteiger partial charge on any atom is 0.251 e.